The molecule has 6 heteroatoms. The van der Waals surface area contributed by atoms with E-state index in [2.05, 4.69) is 12.2 Å². The molecule has 1 saturated heterocycles. The Bertz CT molecular complexity index is 802. The van der Waals surface area contributed by atoms with Gasteiger partial charge in [-0.05, 0) is 55.7 Å². The predicted octanol–water partition coefficient (Wildman–Crippen LogP) is 4.06. The number of nitrogens with one attached hydrogen (secondary N) is 1. The molecule has 2 aliphatic rings. The second kappa shape index (κ2) is 7.37. The fourth-order valence-electron chi connectivity index (χ4n) is 3.78. The molecular formula is C20H23NO4S. The van der Waals surface area contributed by atoms with Gasteiger partial charge in [-0.2, -0.15) is 0 Å². The number of anilines is 1. The third kappa shape index (κ3) is 3.35. The van der Waals surface area contributed by atoms with Gasteiger partial charge in [-0.3, -0.25) is 9.59 Å². The van der Waals surface area contributed by atoms with Gasteiger partial charge >= 0.3 is 0 Å². The van der Waals surface area contributed by atoms with Crippen molar-refractivity contribution in [3.05, 3.63) is 40.2 Å². The van der Waals surface area contributed by atoms with Gasteiger partial charge in [0.1, 0.15) is 5.00 Å². The molecule has 3 heterocycles. The van der Waals surface area contributed by atoms with Crippen LogP contribution in [-0.2, 0) is 22.4 Å². The molecule has 5 nitrogen and oxygen atoms in total. The highest BCUT2D eigenvalue weighted by atomic mass is 32.1. The summed E-state index contributed by atoms with van der Waals surface area (Å²) in [5.74, 6) is 0.740. The number of rotatable bonds is 4. The number of amides is 1. The van der Waals surface area contributed by atoms with Gasteiger partial charge < -0.3 is 14.5 Å². The maximum absolute atomic E-state index is 13.0. The van der Waals surface area contributed by atoms with E-state index in [0.717, 1.165) is 37.7 Å². The Labute approximate surface area is 156 Å². The van der Waals surface area contributed by atoms with E-state index >= 15 is 0 Å². The van der Waals surface area contributed by atoms with E-state index in [4.69, 9.17) is 9.15 Å². The Morgan fingerprint density at radius 3 is 2.77 bits per heavy atom. The number of carbonyl (C=O) groups excluding carboxylic acids is 2. The molecule has 1 amide bonds. The van der Waals surface area contributed by atoms with Crippen molar-refractivity contribution < 1.29 is 18.7 Å². The number of ketones is 1. The van der Waals surface area contributed by atoms with E-state index in [-0.39, 0.29) is 17.6 Å². The van der Waals surface area contributed by atoms with Crippen LogP contribution in [0.15, 0.2) is 22.8 Å². The minimum absolute atomic E-state index is 0.00607. The summed E-state index contributed by atoms with van der Waals surface area (Å²) in [6.45, 7) is 3.47. The number of carbonyl (C=O) groups is 2. The summed E-state index contributed by atoms with van der Waals surface area (Å²) in [5, 5.41) is 3.74. The molecular weight excluding hydrogens is 350 g/mol. The number of furan rings is 1. The molecule has 2 aromatic rings. The molecule has 1 unspecified atom stereocenters. The summed E-state index contributed by atoms with van der Waals surface area (Å²) >= 11 is 1.56. The number of ether oxygens (including phenoxy) is 1. The maximum Gasteiger partial charge on any atom is 0.231 e. The molecule has 1 fully saturated rings. The maximum atomic E-state index is 13.0. The predicted molar refractivity (Wildman–Crippen MR) is 99.8 cm³/mol. The van der Waals surface area contributed by atoms with Crippen molar-refractivity contribution in [2.75, 3.05) is 18.5 Å². The minimum atomic E-state index is -0.135. The third-order valence-electron chi connectivity index (χ3n) is 5.31. The molecule has 138 valence electrons. The highest BCUT2D eigenvalue weighted by Gasteiger charge is 2.31. The highest BCUT2D eigenvalue weighted by Crippen LogP contribution is 2.41. The van der Waals surface area contributed by atoms with Crippen LogP contribution >= 0.6 is 11.3 Å². The van der Waals surface area contributed by atoms with Crippen LogP contribution in [0, 0.1) is 11.8 Å². The van der Waals surface area contributed by atoms with Gasteiger partial charge in [0, 0.05) is 24.0 Å². The first-order valence-corrected chi connectivity index (χ1v) is 10.1. The normalized spacial score (nSPS) is 20.6. The van der Waals surface area contributed by atoms with Gasteiger partial charge in [0.2, 0.25) is 11.7 Å². The lowest BCUT2D eigenvalue weighted by Crippen LogP contribution is -2.28. The quantitative estimate of drug-likeness (QED) is 0.821. The molecule has 1 aliphatic carbocycles. The van der Waals surface area contributed by atoms with Crippen molar-refractivity contribution in [2.24, 2.45) is 11.8 Å². The topological polar surface area (TPSA) is 68.5 Å². The monoisotopic (exact) mass is 373 g/mol. The van der Waals surface area contributed by atoms with Crippen LogP contribution in [0.4, 0.5) is 5.00 Å². The van der Waals surface area contributed by atoms with Crippen molar-refractivity contribution in [3.8, 4) is 0 Å². The second-order valence-electron chi connectivity index (χ2n) is 7.24. The smallest absolute Gasteiger partial charge is 0.231 e. The van der Waals surface area contributed by atoms with Gasteiger partial charge in [-0.1, -0.05) is 6.92 Å². The van der Waals surface area contributed by atoms with E-state index in [0.29, 0.717) is 35.5 Å². The molecule has 4 rings (SSSR count). The van der Waals surface area contributed by atoms with E-state index in [1.807, 2.05) is 0 Å². The average Bonchev–Trinajstić information content (AvgIpc) is 3.29. The molecule has 1 aliphatic heterocycles. The summed E-state index contributed by atoms with van der Waals surface area (Å²) in [5.41, 5.74) is 1.73. The second-order valence-corrected chi connectivity index (χ2v) is 8.34. The molecule has 26 heavy (non-hydrogen) atoms. The molecule has 0 spiro atoms. The van der Waals surface area contributed by atoms with Crippen LogP contribution in [0.2, 0.25) is 0 Å². The van der Waals surface area contributed by atoms with Crippen LogP contribution in [-0.4, -0.2) is 24.9 Å². The summed E-state index contributed by atoms with van der Waals surface area (Å²) in [7, 11) is 0. The summed E-state index contributed by atoms with van der Waals surface area (Å²) in [4.78, 5) is 27.0. The van der Waals surface area contributed by atoms with Crippen LogP contribution in [0.3, 0.4) is 0 Å². The van der Waals surface area contributed by atoms with Crippen LogP contribution in [0.5, 0.6) is 0 Å². The molecule has 0 bridgehead atoms. The largest absolute Gasteiger partial charge is 0.461 e. The first-order valence-electron chi connectivity index (χ1n) is 9.25. The van der Waals surface area contributed by atoms with Crippen LogP contribution < -0.4 is 5.32 Å². The molecule has 2 aromatic heterocycles. The Morgan fingerprint density at radius 1 is 1.23 bits per heavy atom. The van der Waals surface area contributed by atoms with Crippen molar-refractivity contribution in [1.29, 1.82) is 0 Å². The van der Waals surface area contributed by atoms with Crippen molar-refractivity contribution >= 4 is 28.0 Å². The minimum Gasteiger partial charge on any atom is -0.461 e. The molecule has 0 aromatic carbocycles. The Kier molecular flexibility index (Phi) is 4.96. The lowest BCUT2D eigenvalue weighted by atomic mass is 9.87. The summed E-state index contributed by atoms with van der Waals surface area (Å²) in [6.07, 6.45) is 5.88. The zero-order valence-electron chi connectivity index (χ0n) is 14.9. The van der Waals surface area contributed by atoms with E-state index in [9.17, 15) is 9.59 Å². The van der Waals surface area contributed by atoms with Crippen molar-refractivity contribution in [3.63, 3.8) is 0 Å². The first-order chi connectivity index (χ1) is 12.6. The van der Waals surface area contributed by atoms with E-state index < -0.39 is 0 Å². The number of fused-ring (bicyclic) bond motifs is 1. The summed E-state index contributed by atoms with van der Waals surface area (Å²) in [6, 6.07) is 3.40. The number of thiophene rings is 1. The average molecular weight is 373 g/mol. The fourth-order valence-corrected chi connectivity index (χ4v) is 5.19. The standard InChI is InChI=1S/C20H23NO4S/c1-12-4-5-14-16(11-12)26-20(17(14)18(22)15-3-2-8-25-15)21-19(23)13-6-9-24-10-7-13/h2-3,8,12-13H,4-7,9-11H2,1H3,(H,21,23). The van der Waals surface area contributed by atoms with Gasteiger partial charge in [-0.25, -0.2) is 0 Å². The fraction of sp³-hybridized carbons (Fsp3) is 0.500. The van der Waals surface area contributed by atoms with Gasteiger partial charge in [0.15, 0.2) is 5.76 Å². The van der Waals surface area contributed by atoms with Crippen molar-refractivity contribution in [2.45, 2.75) is 39.0 Å². The number of hydrogen-bond acceptors (Lipinski definition) is 5. The van der Waals surface area contributed by atoms with Crippen LogP contribution in [0.25, 0.3) is 0 Å². The Hall–Kier alpha value is -1.92. The first kappa shape index (κ1) is 17.5. The van der Waals surface area contributed by atoms with Gasteiger partial charge in [0.25, 0.3) is 0 Å². The lowest BCUT2D eigenvalue weighted by molar-refractivity contribution is -0.122. The highest BCUT2D eigenvalue weighted by molar-refractivity contribution is 7.17. The van der Waals surface area contributed by atoms with E-state index in [1.54, 1.807) is 23.5 Å². The third-order valence-corrected chi connectivity index (χ3v) is 6.48. The van der Waals surface area contributed by atoms with Crippen molar-refractivity contribution in [1.82, 2.24) is 0 Å². The Balaban J connectivity index is 1.66. The van der Waals surface area contributed by atoms with Crippen LogP contribution in [0.1, 0.15) is 52.7 Å². The number of hydrogen-bond donors (Lipinski definition) is 1. The summed E-state index contributed by atoms with van der Waals surface area (Å²) < 4.78 is 10.7. The lowest BCUT2D eigenvalue weighted by Gasteiger charge is -2.21. The molecule has 1 atom stereocenters. The molecule has 1 N–H and O–H groups in total. The zero-order chi connectivity index (χ0) is 18.1. The van der Waals surface area contributed by atoms with Gasteiger partial charge in [0.05, 0.1) is 11.8 Å². The molecule has 0 saturated carbocycles. The van der Waals surface area contributed by atoms with E-state index in [1.165, 1.54) is 11.1 Å². The Morgan fingerprint density at radius 2 is 2.04 bits per heavy atom. The zero-order valence-corrected chi connectivity index (χ0v) is 15.7. The SMILES string of the molecule is CC1CCc2c(sc(NC(=O)C3CCOCC3)c2C(=O)c2ccco2)C1. The van der Waals surface area contributed by atoms with Gasteiger partial charge in [-0.15, -0.1) is 11.3 Å². The molecule has 0 radical (unpaired) electrons.